The van der Waals surface area contributed by atoms with Gasteiger partial charge in [-0.2, -0.15) is 8.78 Å². The summed E-state index contributed by atoms with van der Waals surface area (Å²) in [6.07, 6.45) is 3.96. The van der Waals surface area contributed by atoms with Gasteiger partial charge in [0, 0.05) is 30.1 Å². The number of aromatic nitrogens is 1. The minimum absolute atomic E-state index is 0.0305. The summed E-state index contributed by atoms with van der Waals surface area (Å²) in [5, 5.41) is 2.88. The first kappa shape index (κ1) is 24.0. The van der Waals surface area contributed by atoms with Crippen LogP contribution in [0, 0.1) is 13.8 Å². The second-order valence-corrected chi connectivity index (χ2v) is 7.46. The van der Waals surface area contributed by atoms with Crippen molar-refractivity contribution in [1.82, 2.24) is 10.3 Å². The standard InChI is InChI=1S/C25H26F2N2O4/c1-16-11-20(12-17(2)23(16)32-15-19-5-4-9-28-14-19)24(30)29-10-8-18-6-7-21(33-25(26)27)22(13-18)31-3/h4-7,9,11-14,25H,8,10,15H2,1-3H3,(H,29,30). The second kappa shape index (κ2) is 11.3. The third-order valence-electron chi connectivity index (χ3n) is 4.97. The highest BCUT2D eigenvalue weighted by molar-refractivity contribution is 5.94. The molecule has 174 valence electrons. The number of nitrogens with one attached hydrogen (secondary N) is 1. The predicted molar refractivity (Wildman–Crippen MR) is 120 cm³/mol. The molecule has 1 aromatic heterocycles. The third-order valence-corrected chi connectivity index (χ3v) is 4.97. The van der Waals surface area contributed by atoms with Crippen molar-refractivity contribution in [3.63, 3.8) is 0 Å². The number of carbonyl (C=O) groups excluding carboxylic acids is 1. The molecule has 0 atom stereocenters. The van der Waals surface area contributed by atoms with E-state index < -0.39 is 6.61 Å². The van der Waals surface area contributed by atoms with E-state index in [0.717, 1.165) is 28.0 Å². The molecule has 0 radical (unpaired) electrons. The van der Waals surface area contributed by atoms with Crippen molar-refractivity contribution in [1.29, 1.82) is 0 Å². The minimum Gasteiger partial charge on any atom is -0.493 e. The summed E-state index contributed by atoms with van der Waals surface area (Å²) in [6.45, 7) is 1.64. The van der Waals surface area contributed by atoms with Crippen LogP contribution in [0.2, 0.25) is 0 Å². The molecule has 0 fully saturated rings. The molecule has 3 rings (SSSR count). The highest BCUT2D eigenvalue weighted by Crippen LogP contribution is 2.29. The lowest BCUT2D eigenvalue weighted by atomic mass is 10.0. The SMILES string of the molecule is COc1cc(CCNC(=O)c2cc(C)c(OCc3cccnc3)c(C)c2)ccc1OC(F)F. The zero-order valence-electron chi connectivity index (χ0n) is 18.7. The van der Waals surface area contributed by atoms with Gasteiger partial charge in [0.1, 0.15) is 12.4 Å². The monoisotopic (exact) mass is 456 g/mol. The second-order valence-electron chi connectivity index (χ2n) is 7.46. The normalized spacial score (nSPS) is 10.7. The van der Waals surface area contributed by atoms with Crippen LogP contribution in [0.15, 0.2) is 54.9 Å². The third kappa shape index (κ3) is 6.65. The maximum Gasteiger partial charge on any atom is 0.387 e. The van der Waals surface area contributed by atoms with Crippen molar-refractivity contribution in [3.05, 3.63) is 82.7 Å². The molecule has 0 saturated carbocycles. The summed E-state index contributed by atoms with van der Waals surface area (Å²) < 4.78 is 40.4. The molecule has 8 heteroatoms. The molecule has 2 aromatic carbocycles. The Labute approximate surface area is 191 Å². The van der Waals surface area contributed by atoms with Crippen molar-refractivity contribution >= 4 is 5.91 Å². The van der Waals surface area contributed by atoms with Gasteiger partial charge in [-0.25, -0.2) is 0 Å². The molecule has 1 N–H and O–H groups in total. The molecule has 0 aliphatic rings. The fourth-order valence-corrected chi connectivity index (χ4v) is 3.43. The maximum absolute atomic E-state index is 12.6. The number of amides is 1. The van der Waals surface area contributed by atoms with Crippen LogP contribution in [0.25, 0.3) is 0 Å². The van der Waals surface area contributed by atoms with E-state index in [2.05, 4.69) is 15.0 Å². The number of rotatable bonds is 10. The smallest absolute Gasteiger partial charge is 0.387 e. The van der Waals surface area contributed by atoms with Crippen LogP contribution >= 0.6 is 0 Å². The summed E-state index contributed by atoms with van der Waals surface area (Å²) in [6, 6.07) is 12.1. The largest absolute Gasteiger partial charge is 0.493 e. The molecule has 0 aliphatic carbocycles. The van der Waals surface area contributed by atoms with Crippen LogP contribution in [0.1, 0.15) is 32.6 Å². The van der Waals surface area contributed by atoms with Gasteiger partial charge >= 0.3 is 6.61 Å². The van der Waals surface area contributed by atoms with Crippen molar-refractivity contribution in [2.24, 2.45) is 0 Å². The van der Waals surface area contributed by atoms with E-state index in [0.29, 0.717) is 25.1 Å². The van der Waals surface area contributed by atoms with Crippen molar-refractivity contribution in [2.45, 2.75) is 33.5 Å². The number of nitrogens with zero attached hydrogens (tertiary/aromatic N) is 1. The number of alkyl halides is 2. The molecule has 0 unspecified atom stereocenters. The van der Waals surface area contributed by atoms with Gasteiger partial charge in [0.25, 0.3) is 5.91 Å². The molecule has 1 amide bonds. The topological polar surface area (TPSA) is 69.7 Å². The number of hydrogen-bond acceptors (Lipinski definition) is 5. The summed E-state index contributed by atoms with van der Waals surface area (Å²) in [5.74, 6) is 0.725. The Kier molecular flexibility index (Phi) is 8.18. The van der Waals surface area contributed by atoms with Gasteiger partial charge in [-0.15, -0.1) is 0 Å². The Morgan fingerprint density at radius 3 is 2.45 bits per heavy atom. The van der Waals surface area contributed by atoms with Gasteiger partial charge in [0.05, 0.1) is 7.11 Å². The van der Waals surface area contributed by atoms with E-state index in [1.165, 1.54) is 13.2 Å². The van der Waals surface area contributed by atoms with Gasteiger partial charge in [-0.05, 0) is 67.3 Å². The molecule has 0 spiro atoms. The predicted octanol–water partition coefficient (Wildman–Crippen LogP) is 4.86. The van der Waals surface area contributed by atoms with Crippen molar-refractivity contribution < 1.29 is 27.8 Å². The Hall–Kier alpha value is -3.68. The number of hydrogen-bond donors (Lipinski definition) is 1. The highest BCUT2D eigenvalue weighted by Gasteiger charge is 2.13. The lowest BCUT2D eigenvalue weighted by molar-refractivity contribution is -0.0512. The van der Waals surface area contributed by atoms with E-state index in [4.69, 9.17) is 9.47 Å². The molecule has 3 aromatic rings. The first-order valence-electron chi connectivity index (χ1n) is 10.4. The average Bonchev–Trinajstić information content (AvgIpc) is 2.79. The number of aryl methyl sites for hydroxylation is 2. The molecular formula is C25H26F2N2O4. The summed E-state index contributed by atoms with van der Waals surface area (Å²) in [4.78, 5) is 16.7. The van der Waals surface area contributed by atoms with E-state index in [-0.39, 0.29) is 17.4 Å². The molecule has 0 saturated heterocycles. The van der Waals surface area contributed by atoms with E-state index >= 15 is 0 Å². The lowest BCUT2D eigenvalue weighted by Crippen LogP contribution is -2.26. The van der Waals surface area contributed by atoms with Crippen LogP contribution in [0.3, 0.4) is 0 Å². The van der Waals surface area contributed by atoms with E-state index in [1.807, 2.05) is 26.0 Å². The van der Waals surface area contributed by atoms with Gasteiger partial charge in [0.2, 0.25) is 0 Å². The van der Waals surface area contributed by atoms with Crippen LogP contribution in [-0.2, 0) is 13.0 Å². The number of halogens is 2. The van der Waals surface area contributed by atoms with Crippen molar-refractivity contribution in [2.75, 3.05) is 13.7 Å². The van der Waals surface area contributed by atoms with Crippen LogP contribution in [0.5, 0.6) is 17.2 Å². The molecule has 6 nitrogen and oxygen atoms in total. The van der Waals surface area contributed by atoms with Gasteiger partial charge in [0.15, 0.2) is 11.5 Å². The van der Waals surface area contributed by atoms with E-state index in [9.17, 15) is 13.6 Å². The van der Waals surface area contributed by atoms with Crippen LogP contribution in [0.4, 0.5) is 8.78 Å². The average molecular weight is 456 g/mol. The molecule has 1 heterocycles. The molecule has 0 aliphatic heterocycles. The van der Waals surface area contributed by atoms with Gasteiger partial charge < -0.3 is 19.5 Å². The Morgan fingerprint density at radius 2 is 1.82 bits per heavy atom. The zero-order chi connectivity index (χ0) is 23.8. The Balaban J connectivity index is 1.58. The van der Waals surface area contributed by atoms with E-state index in [1.54, 1.807) is 36.7 Å². The van der Waals surface area contributed by atoms with Gasteiger partial charge in [-0.1, -0.05) is 12.1 Å². The fraction of sp³-hybridized carbons (Fsp3) is 0.280. The Bertz CT molecular complexity index is 1070. The first-order chi connectivity index (χ1) is 15.9. The number of benzene rings is 2. The fourth-order valence-electron chi connectivity index (χ4n) is 3.43. The zero-order valence-corrected chi connectivity index (χ0v) is 18.7. The van der Waals surface area contributed by atoms with Crippen LogP contribution in [-0.4, -0.2) is 31.2 Å². The highest BCUT2D eigenvalue weighted by atomic mass is 19.3. The molecule has 33 heavy (non-hydrogen) atoms. The van der Waals surface area contributed by atoms with Crippen molar-refractivity contribution in [3.8, 4) is 17.2 Å². The summed E-state index contributed by atoms with van der Waals surface area (Å²) in [5.41, 5.74) is 4.05. The molecule has 0 bridgehead atoms. The summed E-state index contributed by atoms with van der Waals surface area (Å²) >= 11 is 0. The minimum atomic E-state index is -2.93. The van der Waals surface area contributed by atoms with Crippen LogP contribution < -0.4 is 19.5 Å². The summed E-state index contributed by atoms with van der Waals surface area (Å²) in [7, 11) is 1.38. The number of ether oxygens (including phenoxy) is 3. The quantitative estimate of drug-likeness (QED) is 0.472. The number of carbonyl (C=O) groups is 1. The lowest BCUT2D eigenvalue weighted by Gasteiger charge is -2.14. The Morgan fingerprint density at radius 1 is 1.06 bits per heavy atom. The maximum atomic E-state index is 12.6. The number of pyridine rings is 1. The number of methoxy groups -OCH3 is 1. The van der Waals surface area contributed by atoms with Gasteiger partial charge in [-0.3, -0.25) is 9.78 Å². The molecular weight excluding hydrogens is 430 g/mol. The first-order valence-corrected chi connectivity index (χ1v) is 10.4.